The third-order valence-electron chi connectivity index (χ3n) is 9.99. The second-order valence-corrected chi connectivity index (χ2v) is 10.8. The van der Waals surface area contributed by atoms with Crippen LogP contribution < -0.4 is 5.48 Å². The zero-order chi connectivity index (χ0) is 19.3. The second kappa shape index (κ2) is 7.27. The molecule has 27 heavy (non-hydrogen) atoms. The highest BCUT2D eigenvalue weighted by molar-refractivity contribution is 5.16. The van der Waals surface area contributed by atoms with Gasteiger partial charge in [-0.3, -0.25) is 0 Å². The first-order chi connectivity index (χ1) is 12.8. The lowest BCUT2D eigenvalue weighted by molar-refractivity contribution is -0.210. The number of hydroxylamine groups is 1. The van der Waals surface area contributed by atoms with Crippen LogP contribution in [0, 0.1) is 34.5 Å². The summed E-state index contributed by atoms with van der Waals surface area (Å²) in [6.07, 6.45) is 12.3. The van der Waals surface area contributed by atoms with Gasteiger partial charge < -0.3 is 15.1 Å². The molecule has 4 saturated carbocycles. The van der Waals surface area contributed by atoms with Gasteiger partial charge in [-0.1, -0.05) is 13.8 Å². The van der Waals surface area contributed by atoms with Crippen LogP contribution in [-0.4, -0.2) is 35.6 Å². The molecule has 0 saturated heterocycles. The van der Waals surface area contributed by atoms with Gasteiger partial charge in [0.1, 0.15) is 0 Å². The molecule has 0 aromatic rings. The Morgan fingerprint density at radius 2 is 1.81 bits per heavy atom. The molecule has 0 spiro atoms. The Bertz CT molecular complexity index is 542. The van der Waals surface area contributed by atoms with E-state index in [2.05, 4.69) is 19.3 Å². The van der Waals surface area contributed by atoms with Crippen LogP contribution in [0.5, 0.6) is 0 Å². The topological polar surface area (TPSA) is 61.7 Å². The fraction of sp³-hybridized carbons (Fsp3) is 1.00. The van der Waals surface area contributed by atoms with Gasteiger partial charge in [0, 0.05) is 6.54 Å². The smallest absolute Gasteiger partial charge is 0.0734 e. The molecule has 0 aromatic heterocycles. The predicted octanol–water partition coefficient (Wildman–Crippen LogP) is 4.05. The van der Waals surface area contributed by atoms with Gasteiger partial charge in [-0.25, -0.2) is 5.48 Å². The quantitative estimate of drug-likeness (QED) is 0.498. The first-order valence-electron chi connectivity index (χ1n) is 11.5. The van der Waals surface area contributed by atoms with Gasteiger partial charge in [0.15, 0.2) is 0 Å². The molecule has 4 rings (SSSR count). The Kier molecular flexibility index (Phi) is 5.42. The highest BCUT2D eigenvalue weighted by atomic mass is 16.6. The van der Waals surface area contributed by atoms with Crippen molar-refractivity contribution < 1.29 is 15.1 Å². The second-order valence-electron chi connectivity index (χ2n) is 10.8. The molecule has 4 heteroatoms. The molecule has 4 aliphatic carbocycles. The zero-order valence-electron chi connectivity index (χ0n) is 17.7. The Labute approximate surface area is 165 Å². The third-order valence-corrected chi connectivity index (χ3v) is 9.99. The van der Waals surface area contributed by atoms with Crippen LogP contribution in [0.15, 0.2) is 0 Å². The van der Waals surface area contributed by atoms with Crippen molar-refractivity contribution in [3.8, 4) is 0 Å². The van der Waals surface area contributed by atoms with Gasteiger partial charge in [-0.2, -0.15) is 0 Å². The summed E-state index contributed by atoms with van der Waals surface area (Å²) in [7, 11) is 1.68. The number of fused-ring (bicyclic) bond motifs is 5. The SMILES string of the molecule is CONCCC[C@H]1CC[C@]2(O)[C@@H]3CC[C@@H]4C[C@@H](O)CC[C@]4(C)[C@H]3CC[C@]12C. The Hall–Kier alpha value is -0.160. The maximum atomic E-state index is 12.1. The normalized spacial score (nSPS) is 52.1. The molecule has 4 aliphatic rings. The van der Waals surface area contributed by atoms with Gasteiger partial charge in [0.05, 0.1) is 18.8 Å². The Morgan fingerprint density at radius 1 is 1.00 bits per heavy atom. The molecular weight excluding hydrogens is 338 g/mol. The minimum Gasteiger partial charge on any atom is -0.393 e. The molecule has 0 heterocycles. The van der Waals surface area contributed by atoms with E-state index >= 15 is 0 Å². The van der Waals surface area contributed by atoms with Gasteiger partial charge in [-0.05, 0) is 105 Å². The van der Waals surface area contributed by atoms with E-state index in [9.17, 15) is 10.2 Å². The largest absolute Gasteiger partial charge is 0.393 e. The van der Waals surface area contributed by atoms with Crippen molar-refractivity contribution in [2.24, 2.45) is 34.5 Å². The highest BCUT2D eigenvalue weighted by Crippen LogP contribution is 2.69. The standard InChI is InChI=1S/C23H41NO3/c1-21-11-9-18(25)15-17(21)6-7-20-19(21)10-12-22(2)16(5-4-14-24-27-3)8-13-23(20,22)26/h16-20,24-26H,4-15H2,1-3H3/t16-,17+,18-,19-,20+,21-,22+,23-/m0/s1. The lowest BCUT2D eigenvalue weighted by Crippen LogP contribution is -2.62. The molecule has 4 nitrogen and oxygen atoms in total. The maximum absolute atomic E-state index is 12.1. The van der Waals surface area contributed by atoms with E-state index in [1.807, 2.05) is 0 Å². The Balaban J connectivity index is 1.52. The number of aliphatic hydroxyl groups excluding tert-OH is 1. The molecule has 0 bridgehead atoms. The third kappa shape index (κ3) is 3.01. The molecule has 0 radical (unpaired) electrons. The first-order valence-corrected chi connectivity index (χ1v) is 11.5. The fourth-order valence-corrected chi connectivity index (χ4v) is 8.30. The summed E-state index contributed by atoms with van der Waals surface area (Å²) in [4.78, 5) is 4.98. The molecule has 8 atom stereocenters. The van der Waals surface area contributed by atoms with Crippen molar-refractivity contribution in [3.63, 3.8) is 0 Å². The first kappa shape index (κ1) is 20.1. The van der Waals surface area contributed by atoms with Crippen molar-refractivity contribution in [1.82, 2.24) is 5.48 Å². The minimum absolute atomic E-state index is 0.0820. The van der Waals surface area contributed by atoms with Crippen LogP contribution in [0.2, 0.25) is 0 Å². The maximum Gasteiger partial charge on any atom is 0.0734 e. The van der Waals surface area contributed by atoms with Crippen LogP contribution in [-0.2, 0) is 4.84 Å². The summed E-state index contributed by atoms with van der Waals surface area (Å²) in [6, 6.07) is 0. The van der Waals surface area contributed by atoms with Crippen molar-refractivity contribution in [1.29, 1.82) is 0 Å². The van der Waals surface area contributed by atoms with E-state index in [1.165, 1.54) is 38.5 Å². The monoisotopic (exact) mass is 379 g/mol. The number of rotatable bonds is 5. The van der Waals surface area contributed by atoms with E-state index in [0.717, 1.165) is 38.6 Å². The van der Waals surface area contributed by atoms with Crippen molar-refractivity contribution in [2.45, 2.75) is 96.2 Å². The number of nitrogens with one attached hydrogen (secondary N) is 1. The van der Waals surface area contributed by atoms with E-state index in [-0.39, 0.29) is 11.5 Å². The van der Waals surface area contributed by atoms with Crippen molar-refractivity contribution in [2.75, 3.05) is 13.7 Å². The molecule has 4 fully saturated rings. The number of hydrogen-bond acceptors (Lipinski definition) is 4. The lowest BCUT2D eigenvalue weighted by atomic mass is 9.43. The predicted molar refractivity (Wildman–Crippen MR) is 107 cm³/mol. The van der Waals surface area contributed by atoms with Gasteiger partial charge in [0.2, 0.25) is 0 Å². The number of aliphatic hydroxyl groups is 2. The van der Waals surface area contributed by atoms with E-state index in [0.29, 0.717) is 29.1 Å². The van der Waals surface area contributed by atoms with Crippen LogP contribution in [0.3, 0.4) is 0 Å². The van der Waals surface area contributed by atoms with Crippen molar-refractivity contribution >= 4 is 0 Å². The zero-order valence-corrected chi connectivity index (χ0v) is 17.7. The lowest BCUT2D eigenvalue weighted by Gasteiger charge is -2.63. The molecule has 0 aliphatic heterocycles. The van der Waals surface area contributed by atoms with Crippen LogP contribution in [0.4, 0.5) is 0 Å². The van der Waals surface area contributed by atoms with Crippen LogP contribution >= 0.6 is 0 Å². The molecular formula is C23H41NO3. The Morgan fingerprint density at radius 3 is 2.59 bits per heavy atom. The molecule has 3 N–H and O–H groups in total. The van der Waals surface area contributed by atoms with Crippen LogP contribution in [0.25, 0.3) is 0 Å². The van der Waals surface area contributed by atoms with E-state index in [1.54, 1.807) is 7.11 Å². The molecule has 156 valence electrons. The average molecular weight is 380 g/mol. The van der Waals surface area contributed by atoms with Gasteiger partial charge >= 0.3 is 0 Å². The fourth-order valence-electron chi connectivity index (χ4n) is 8.30. The summed E-state index contributed by atoms with van der Waals surface area (Å²) in [5.74, 6) is 2.42. The van der Waals surface area contributed by atoms with Gasteiger partial charge in [-0.15, -0.1) is 0 Å². The van der Waals surface area contributed by atoms with E-state index < -0.39 is 5.60 Å². The molecule has 0 amide bonds. The van der Waals surface area contributed by atoms with Gasteiger partial charge in [0.25, 0.3) is 0 Å². The van der Waals surface area contributed by atoms with E-state index in [4.69, 9.17) is 4.84 Å². The summed E-state index contributed by atoms with van der Waals surface area (Å²) < 4.78 is 0. The highest BCUT2D eigenvalue weighted by Gasteiger charge is 2.66. The van der Waals surface area contributed by atoms with Crippen LogP contribution in [0.1, 0.15) is 84.5 Å². The summed E-state index contributed by atoms with van der Waals surface area (Å²) >= 11 is 0. The summed E-state index contributed by atoms with van der Waals surface area (Å²) in [5.41, 5.74) is 2.91. The minimum atomic E-state index is -0.473. The molecule has 0 unspecified atom stereocenters. The van der Waals surface area contributed by atoms with Crippen molar-refractivity contribution in [3.05, 3.63) is 0 Å². The summed E-state index contributed by atoms with van der Waals surface area (Å²) in [5, 5.41) is 22.3. The summed E-state index contributed by atoms with van der Waals surface area (Å²) in [6.45, 7) is 5.80. The number of hydrogen-bond donors (Lipinski definition) is 3. The average Bonchev–Trinajstić information content (AvgIpc) is 2.91. The molecule has 0 aromatic carbocycles.